The van der Waals surface area contributed by atoms with Gasteiger partial charge in [0.15, 0.2) is 0 Å². The Labute approximate surface area is 168 Å². The summed E-state index contributed by atoms with van der Waals surface area (Å²) in [6.07, 6.45) is 0. The third-order valence-electron chi connectivity index (χ3n) is 3.96. The summed E-state index contributed by atoms with van der Waals surface area (Å²) in [7, 11) is 0. The van der Waals surface area contributed by atoms with E-state index in [0.717, 1.165) is 28.1 Å². The molecule has 4 rings (SSSR count). The number of carbonyl (C=O) groups excluding carboxylic acids is 1. The van der Waals surface area contributed by atoms with Gasteiger partial charge in [0.2, 0.25) is 11.8 Å². The monoisotopic (exact) mass is 413 g/mol. The maximum atomic E-state index is 13.2. The highest BCUT2D eigenvalue weighted by atomic mass is 35.5. The molecule has 0 atom stereocenters. The van der Waals surface area contributed by atoms with Crippen LogP contribution in [0.4, 0.5) is 10.1 Å². The van der Waals surface area contributed by atoms with Crippen molar-refractivity contribution in [2.45, 2.75) is 5.22 Å². The van der Waals surface area contributed by atoms with Crippen LogP contribution in [0.25, 0.3) is 22.2 Å². The zero-order valence-electron chi connectivity index (χ0n) is 14.4. The van der Waals surface area contributed by atoms with E-state index in [-0.39, 0.29) is 21.9 Å². The molecule has 1 heterocycles. The summed E-state index contributed by atoms with van der Waals surface area (Å²) < 4.78 is 18.9. The third kappa shape index (κ3) is 4.00. The van der Waals surface area contributed by atoms with Crippen molar-refractivity contribution >= 4 is 45.7 Å². The standard InChI is InChI=1S/C20H13ClFN3O2S/c21-16-10-13(8-9-17(16)22)23-18(26)11-28-20-25-24-19(27-20)15-7-3-5-12-4-1-2-6-14(12)15/h1-10H,11H2,(H,23,26). The Hall–Kier alpha value is -2.90. The lowest BCUT2D eigenvalue weighted by atomic mass is 10.0. The SMILES string of the molecule is O=C(CSc1nnc(-c2cccc3ccccc23)o1)Nc1ccc(F)c(Cl)c1. The van der Waals surface area contributed by atoms with E-state index in [4.69, 9.17) is 16.0 Å². The van der Waals surface area contributed by atoms with Crippen molar-refractivity contribution in [2.24, 2.45) is 0 Å². The Morgan fingerprint density at radius 2 is 1.93 bits per heavy atom. The van der Waals surface area contributed by atoms with Crippen LogP contribution in [-0.4, -0.2) is 21.9 Å². The van der Waals surface area contributed by atoms with Crippen LogP contribution in [0.2, 0.25) is 5.02 Å². The number of anilines is 1. The molecule has 0 unspecified atom stereocenters. The van der Waals surface area contributed by atoms with Crippen LogP contribution < -0.4 is 5.32 Å². The molecule has 1 aromatic heterocycles. The average Bonchev–Trinajstić information content (AvgIpc) is 3.18. The van der Waals surface area contributed by atoms with E-state index in [1.807, 2.05) is 42.5 Å². The molecule has 0 fully saturated rings. The number of rotatable bonds is 5. The number of aromatic nitrogens is 2. The fourth-order valence-corrected chi connectivity index (χ4v) is 3.43. The molecular weight excluding hydrogens is 401 g/mol. The third-order valence-corrected chi connectivity index (χ3v) is 5.06. The number of thioether (sulfide) groups is 1. The van der Waals surface area contributed by atoms with Crippen molar-refractivity contribution in [2.75, 3.05) is 11.1 Å². The zero-order valence-corrected chi connectivity index (χ0v) is 15.9. The number of nitrogens with zero attached hydrogens (tertiary/aromatic N) is 2. The van der Waals surface area contributed by atoms with Crippen LogP contribution in [0.1, 0.15) is 0 Å². The van der Waals surface area contributed by atoms with Gasteiger partial charge in [0.1, 0.15) is 5.82 Å². The highest BCUT2D eigenvalue weighted by Gasteiger charge is 2.13. The molecule has 5 nitrogen and oxygen atoms in total. The van der Waals surface area contributed by atoms with Gasteiger partial charge < -0.3 is 9.73 Å². The Morgan fingerprint density at radius 3 is 2.79 bits per heavy atom. The van der Waals surface area contributed by atoms with E-state index in [1.54, 1.807) is 0 Å². The lowest BCUT2D eigenvalue weighted by molar-refractivity contribution is -0.113. The van der Waals surface area contributed by atoms with Crippen molar-refractivity contribution in [1.29, 1.82) is 0 Å². The maximum absolute atomic E-state index is 13.2. The number of hydrogen-bond donors (Lipinski definition) is 1. The first kappa shape index (κ1) is 18.5. The van der Waals surface area contributed by atoms with Crippen LogP contribution in [0.5, 0.6) is 0 Å². The molecule has 0 aliphatic heterocycles. The Morgan fingerprint density at radius 1 is 1.11 bits per heavy atom. The fourth-order valence-electron chi connectivity index (χ4n) is 2.69. The number of benzene rings is 3. The molecule has 0 radical (unpaired) electrons. The van der Waals surface area contributed by atoms with Crippen LogP contribution in [0.15, 0.2) is 70.3 Å². The lowest BCUT2D eigenvalue weighted by Gasteiger charge is -2.04. The van der Waals surface area contributed by atoms with E-state index < -0.39 is 5.82 Å². The van der Waals surface area contributed by atoms with Gasteiger partial charge in [0.05, 0.1) is 10.8 Å². The number of amides is 1. The molecule has 28 heavy (non-hydrogen) atoms. The largest absolute Gasteiger partial charge is 0.411 e. The van der Waals surface area contributed by atoms with Gasteiger partial charge in [-0.1, -0.05) is 59.8 Å². The van der Waals surface area contributed by atoms with E-state index in [2.05, 4.69) is 15.5 Å². The molecule has 8 heteroatoms. The van der Waals surface area contributed by atoms with Gasteiger partial charge in [-0.05, 0) is 35.0 Å². The predicted molar refractivity (Wildman–Crippen MR) is 108 cm³/mol. The Balaban J connectivity index is 1.43. The predicted octanol–water partition coefficient (Wildman–Crippen LogP) is 5.41. The van der Waals surface area contributed by atoms with Crippen LogP contribution in [0, 0.1) is 5.82 Å². The van der Waals surface area contributed by atoms with Gasteiger partial charge >= 0.3 is 0 Å². The second-order valence-corrected chi connectivity index (χ2v) is 7.20. The van der Waals surface area contributed by atoms with Crippen molar-refractivity contribution in [1.82, 2.24) is 10.2 Å². The van der Waals surface area contributed by atoms with Crippen LogP contribution in [-0.2, 0) is 4.79 Å². The number of carbonyl (C=O) groups is 1. The van der Waals surface area contributed by atoms with Crippen molar-refractivity contribution in [3.63, 3.8) is 0 Å². The summed E-state index contributed by atoms with van der Waals surface area (Å²) in [5.41, 5.74) is 1.25. The molecule has 0 aliphatic carbocycles. The van der Waals surface area contributed by atoms with E-state index >= 15 is 0 Å². The Bertz CT molecular complexity index is 1160. The molecule has 0 aliphatic rings. The molecule has 140 valence electrons. The highest BCUT2D eigenvalue weighted by Crippen LogP contribution is 2.29. The first-order valence-electron chi connectivity index (χ1n) is 8.29. The molecule has 1 amide bonds. The minimum absolute atomic E-state index is 0.0536. The van der Waals surface area contributed by atoms with Gasteiger partial charge in [0, 0.05) is 11.3 Å². The summed E-state index contributed by atoms with van der Waals surface area (Å²) in [5, 5.41) is 13.1. The highest BCUT2D eigenvalue weighted by molar-refractivity contribution is 7.99. The van der Waals surface area contributed by atoms with Gasteiger partial charge in [0.25, 0.3) is 5.22 Å². The van der Waals surface area contributed by atoms with Gasteiger partial charge in [-0.2, -0.15) is 0 Å². The molecular formula is C20H13ClFN3O2S. The quantitative estimate of drug-likeness (QED) is 0.443. The second-order valence-electron chi connectivity index (χ2n) is 5.87. The smallest absolute Gasteiger partial charge is 0.277 e. The molecule has 0 bridgehead atoms. The van der Waals surface area contributed by atoms with Crippen LogP contribution >= 0.6 is 23.4 Å². The first-order valence-corrected chi connectivity index (χ1v) is 9.66. The summed E-state index contributed by atoms with van der Waals surface area (Å²) in [6, 6.07) is 17.7. The number of fused-ring (bicyclic) bond motifs is 1. The average molecular weight is 414 g/mol. The number of hydrogen-bond acceptors (Lipinski definition) is 5. The first-order chi connectivity index (χ1) is 13.6. The molecule has 4 aromatic rings. The molecule has 0 saturated heterocycles. The van der Waals surface area contributed by atoms with Gasteiger partial charge in [-0.3, -0.25) is 4.79 Å². The Kier molecular flexibility index (Phi) is 5.27. The van der Waals surface area contributed by atoms with E-state index in [0.29, 0.717) is 11.6 Å². The van der Waals surface area contributed by atoms with Crippen molar-refractivity contribution in [3.05, 3.63) is 71.5 Å². The number of halogens is 2. The van der Waals surface area contributed by atoms with E-state index in [9.17, 15) is 9.18 Å². The summed E-state index contributed by atoms with van der Waals surface area (Å²) in [6.45, 7) is 0. The second kappa shape index (κ2) is 8.00. The summed E-state index contributed by atoms with van der Waals surface area (Å²) in [4.78, 5) is 12.1. The van der Waals surface area contributed by atoms with Crippen molar-refractivity contribution in [3.8, 4) is 11.5 Å². The van der Waals surface area contributed by atoms with Gasteiger partial charge in [-0.25, -0.2) is 4.39 Å². The maximum Gasteiger partial charge on any atom is 0.277 e. The number of nitrogens with one attached hydrogen (secondary N) is 1. The topological polar surface area (TPSA) is 68.0 Å². The van der Waals surface area contributed by atoms with Crippen molar-refractivity contribution < 1.29 is 13.6 Å². The molecule has 0 spiro atoms. The van der Waals surface area contributed by atoms with E-state index in [1.165, 1.54) is 18.2 Å². The fraction of sp³-hybridized carbons (Fsp3) is 0.0500. The van der Waals surface area contributed by atoms with Crippen LogP contribution in [0.3, 0.4) is 0 Å². The minimum Gasteiger partial charge on any atom is -0.411 e. The molecule has 0 saturated carbocycles. The molecule has 1 N–H and O–H groups in total. The summed E-state index contributed by atoms with van der Waals surface area (Å²) in [5.74, 6) is -0.380. The lowest BCUT2D eigenvalue weighted by Crippen LogP contribution is -2.14. The normalized spacial score (nSPS) is 10.9. The molecule has 3 aromatic carbocycles. The summed E-state index contributed by atoms with van der Waals surface area (Å²) >= 11 is 6.82. The zero-order chi connectivity index (χ0) is 19.5. The van der Waals surface area contributed by atoms with Gasteiger partial charge in [-0.15, -0.1) is 10.2 Å². The minimum atomic E-state index is -0.541.